The van der Waals surface area contributed by atoms with E-state index in [9.17, 15) is 19.5 Å². The molecule has 0 spiro atoms. The maximum absolute atomic E-state index is 13.1. The Morgan fingerprint density at radius 1 is 1.07 bits per heavy atom. The summed E-state index contributed by atoms with van der Waals surface area (Å²) in [6.45, 7) is 10.5. The largest absolute Gasteiger partial charge is 0.481 e. The lowest BCUT2D eigenvalue weighted by atomic mass is 9.72. The summed E-state index contributed by atoms with van der Waals surface area (Å²) in [6, 6.07) is 0. The molecule has 30 heavy (non-hydrogen) atoms. The molecule has 7 heteroatoms. The van der Waals surface area contributed by atoms with Gasteiger partial charge in [-0.2, -0.15) is 0 Å². The summed E-state index contributed by atoms with van der Waals surface area (Å²) in [6.07, 6.45) is 3.40. The first-order chi connectivity index (χ1) is 13.9. The van der Waals surface area contributed by atoms with Crippen molar-refractivity contribution < 1.29 is 19.5 Å². The molecule has 4 N–H and O–H groups in total. The first-order valence-electron chi connectivity index (χ1n) is 10.5. The number of nitrogens with one attached hydrogen (secondary N) is 1. The number of rotatable bonds is 4. The molecule has 6 nitrogen and oxygen atoms in total. The lowest BCUT2D eigenvalue weighted by Gasteiger charge is -2.33. The van der Waals surface area contributed by atoms with Gasteiger partial charge < -0.3 is 16.2 Å². The molecule has 1 aromatic rings. The lowest BCUT2D eigenvalue weighted by molar-refractivity contribution is -0.146. The number of aliphatic carboxylic acids is 1. The number of fused-ring (bicyclic) bond motifs is 1. The summed E-state index contributed by atoms with van der Waals surface area (Å²) in [7, 11) is 0. The van der Waals surface area contributed by atoms with Gasteiger partial charge in [0.1, 0.15) is 5.00 Å². The monoisotopic (exact) mass is 432 g/mol. The van der Waals surface area contributed by atoms with Crippen LogP contribution in [0, 0.1) is 23.2 Å². The smallest absolute Gasteiger partial charge is 0.307 e. The van der Waals surface area contributed by atoms with Gasteiger partial charge in [0.25, 0.3) is 5.91 Å². The highest BCUT2D eigenvalue weighted by molar-refractivity contribution is 7.17. The third kappa shape index (κ3) is 4.31. The van der Waals surface area contributed by atoms with Crippen LogP contribution < -0.4 is 11.1 Å². The second kappa shape index (κ2) is 8.17. The first kappa shape index (κ1) is 22.5. The molecule has 0 fully saturated rings. The molecule has 0 saturated heterocycles. The molecular weight excluding hydrogens is 400 g/mol. The minimum atomic E-state index is -0.962. The number of amides is 2. The zero-order valence-corrected chi connectivity index (χ0v) is 19.2. The van der Waals surface area contributed by atoms with Gasteiger partial charge in [0.05, 0.1) is 17.4 Å². The Labute approximate surface area is 181 Å². The fourth-order valence-corrected chi connectivity index (χ4v) is 6.04. The number of hydrogen-bond donors (Lipinski definition) is 3. The molecule has 0 unspecified atom stereocenters. The predicted octanol–water partition coefficient (Wildman–Crippen LogP) is 4.38. The SMILES string of the molecule is CC1=C(C)C[C@@H](C(=O)O)[C@@H](C(=O)Nc2sc3c(c2C(N)=O)CC[C@@H](C(C)(C)C)C3)C1. The van der Waals surface area contributed by atoms with Gasteiger partial charge in [0, 0.05) is 4.88 Å². The number of allylic oxidation sites excluding steroid dienone is 2. The van der Waals surface area contributed by atoms with E-state index < -0.39 is 23.7 Å². The van der Waals surface area contributed by atoms with E-state index in [0.29, 0.717) is 29.3 Å². The second-order valence-corrected chi connectivity index (χ2v) is 11.0. The zero-order valence-electron chi connectivity index (χ0n) is 18.4. The first-order valence-corrected chi connectivity index (χ1v) is 11.3. The Balaban J connectivity index is 1.90. The van der Waals surface area contributed by atoms with Gasteiger partial charge in [-0.25, -0.2) is 0 Å². The molecule has 0 bridgehead atoms. The lowest BCUT2D eigenvalue weighted by Crippen LogP contribution is -2.36. The third-order valence-electron chi connectivity index (χ3n) is 6.89. The van der Waals surface area contributed by atoms with E-state index in [0.717, 1.165) is 40.8 Å². The Hall–Kier alpha value is -2.15. The Kier molecular flexibility index (Phi) is 6.14. The minimum Gasteiger partial charge on any atom is -0.481 e. The summed E-state index contributed by atoms with van der Waals surface area (Å²) in [5.74, 6) is -2.77. The van der Waals surface area contributed by atoms with Crippen molar-refractivity contribution in [3.05, 3.63) is 27.2 Å². The highest BCUT2D eigenvalue weighted by atomic mass is 32.1. The fourth-order valence-electron chi connectivity index (χ4n) is 4.71. The van der Waals surface area contributed by atoms with Crippen LogP contribution in [0.25, 0.3) is 0 Å². The quantitative estimate of drug-likeness (QED) is 0.613. The number of hydrogen-bond acceptors (Lipinski definition) is 4. The highest BCUT2D eigenvalue weighted by Gasteiger charge is 2.39. The van der Waals surface area contributed by atoms with Crippen LogP contribution in [-0.2, 0) is 22.4 Å². The van der Waals surface area contributed by atoms with Crippen molar-refractivity contribution in [2.75, 3.05) is 5.32 Å². The molecule has 0 aliphatic heterocycles. The van der Waals surface area contributed by atoms with Crippen LogP contribution in [0.5, 0.6) is 0 Å². The summed E-state index contributed by atoms with van der Waals surface area (Å²) in [5.41, 5.74) is 9.30. The molecule has 1 heterocycles. The normalized spacial score (nSPS) is 24.4. The number of carboxylic acids is 1. The molecule has 164 valence electrons. The summed E-state index contributed by atoms with van der Waals surface area (Å²) in [5, 5.41) is 13.0. The average Bonchev–Trinajstić information content (AvgIpc) is 2.99. The number of carbonyl (C=O) groups excluding carboxylic acids is 2. The van der Waals surface area contributed by atoms with E-state index in [-0.39, 0.29) is 11.3 Å². The van der Waals surface area contributed by atoms with E-state index in [1.807, 2.05) is 13.8 Å². The minimum absolute atomic E-state index is 0.163. The Bertz CT molecular complexity index is 922. The average molecular weight is 433 g/mol. The molecule has 3 rings (SSSR count). The predicted molar refractivity (Wildman–Crippen MR) is 119 cm³/mol. The van der Waals surface area contributed by atoms with Crippen molar-refractivity contribution in [3.8, 4) is 0 Å². The number of thiophene rings is 1. The number of nitrogens with two attached hydrogens (primary N) is 1. The van der Waals surface area contributed by atoms with E-state index in [4.69, 9.17) is 5.73 Å². The van der Waals surface area contributed by atoms with Crippen LogP contribution in [0.2, 0.25) is 0 Å². The third-order valence-corrected chi connectivity index (χ3v) is 8.06. The van der Waals surface area contributed by atoms with Crippen LogP contribution >= 0.6 is 11.3 Å². The number of carbonyl (C=O) groups is 3. The summed E-state index contributed by atoms with van der Waals surface area (Å²) < 4.78 is 0. The van der Waals surface area contributed by atoms with Crippen LogP contribution in [0.1, 0.15) is 74.7 Å². The van der Waals surface area contributed by atoms with Gasteiger partial charge in [-0.15, -0.1) is 11.3 Å². The summed E-state index contributed by atoms with van der Waals surface area (Å²) >= 11 is 1.42. The summed E-state index contributed by atoms with van der Waals surface area (Å²) in [4.78, 5) is 38.2. The highest BCUT2D eigenvalue weighted by Crippen LogP contribution is 2.44. The molecule has 0 saturated carbocycles. The van der Waals surface area contributed by atoms with Gasteiger partial charge in [-0.05, 0) is 62.8 Å². The Morgan fingerprint density at radius 2 is 1.67 bits per heavy atom. The van der Waals surface area contributed by atoms with E-state index in [1.54, 1.807) is 0 Å². The standard InChI is InChI=1S/C23H32N2O4S/c1-11-8-15(16(22(28)29)9-12(11)2)20(27)25-21-18(19(24)26)14-7-6-13(23(3,4)5)10-17(14)30-21/h13,15-16H,6-10H2,1-5H3,(H2,24,26)(H,25,27)(H,28,29)/t13-,15+,16-/m1/s1. The molecule has 0 radical (unpaired) electrons. The van der Waals surface area contributed by atoms with E-state index in [2.05, 4.69) is 26.1 Å². The molecule has 2 aliphatic rings. The van der Waals surface area contributed by atoms with Crippen molar-refractivity contribution in [3.63, 3.8) is 0 Å². The van der Waals surface area contributed by atoms with Crippen LogP contribution in [0.3, 0.4) is 0 Å². The number of primary amides is 1. The van der Waals surface area contributed by atoms with Gasteiger partial charge in [-0.3, -0.25) is 14.4 Å². The van der Waals surface area contributed by atoms with Crippen LogP contribution in [-0.4, -0.2) is 22.9 Å². The van der Waals surface area contributed by atoms with Crippen molar-refractivity contribution in [2.45, 2.75) is 66.7 Å². The van der Waals surface area contributed by atoms with Crippen LogP contribution in [0.15, 0.2) is 11.1 Å². The number of carboxylic acid groups (broad SMARTS) is 1. The van der Waals surface area contributed by atoms with E-state index in [1.165, 1.54) is 11.3 Å². The molecule has 1 aromatic heterocycles. The topological polar surface area (TPSA) is 109 Å². The molecule has 0 aromatic carbocycles. The second-order valence-electron chi connectivity index (χ2n) is 9.89. The van der Waals surface area contributed by atoms with Gasteiger partial charge in [-0.1, -0.05) is 31.9 Å². The zero-order chi connectivity index (χ0) is 22.4. The van der Waals surface area contributed by atoms with Crippen LogP contribution in [0.4, 0.5) is 5.00 Å². The van der Waals surface area contributed by atoms with Gasteiger partial charge >= 0.3 is 5.97 Å². The number of anilines is 1. The maximum Gasteiger partial charge on any atom is 0.307 e. The van der Waals surface area contributed by atoms with Gasteiger partial charge in [0.15, 0.2) is 0 Å². The van der Waals surface area contributed by atoms with Crippen molar-refractivity contribution in [1.29, 1.82) is 0 Å². The molecule has 3 atom stereocenters. The fraction of sp³-hybridized carbons (Fsp3) is 0.609. The maximum atomic E-state index is 13.1. The van der Waals surface area contributed by atoms with Crippen molar-refractivity contribution in [2.24, 2.45) is 28.9 Å². The molecule has 2 amide bonds. The van der Waals surface area contributed by atoms with E-state index >= 15 is 0 Å². The van der Waals surface area contributed by atoms with Gasteiger partial charge in [0.2, 0.25) is 5.91 Å². The van der Waals surface area contributed by atoms with Crippen molar-refractivity contribution >= 4 is 34.1 Å². The molecule has 2 aliphatic carbocycles. The molecular formula is C23H32N2O4S. The van der Waals surface area contributed by atoms with Crippen molar-refractivity contribution in [1.82, 2.24) is 0 Å². The Morgan fingerprint density at radius 3 is 2.20 bits per heavy atom.